The van der Waals surface area contributed by atoms with Crippen LogP contribution < -0.4 is 0 Å². The van der Waals surface area contributed by atoms with E-state index in [2.05, 4.69) is 6.58 Å². The molecule has 1 heterocycles. The summed E-state index contributed by atoms with van der Waals surface area (Å²) in [6.07, 6.45) is 5.32. The van der Waals surface area contributed by atoms with Crippen molar-refractivity contribution < 1.29 is 4.39 Å². The zero-order valence-corrected chi connectivity index (χ0v) is 7.12. The molecule has 0 aliphatic carbocycles. The van der Waals surface area contributed by atoms with Gasteiger partial charge in [0.15, 0.2) is 5.13 Å². The first-order chi connectivity index (χ1) is 5.24. The number of rotatable bonds is 2. The van der Waals surface area contributed by atoms with E-state index >= 15 is 0 Å². The van der Waals surface area contributed by atoms with Gasteiger partial charge in [-0.05, 0) is 18.6 Å². The Morgan fingerprint density at radius 1 is 1.64 bits per heavy atom. The van der Waals surface area contributed by atoms with E-state index in [0.717, 1.165) is 10.4 Å². The summed E-state index contributed by atoms with van der Waals surface area (Å²) in [5, 5.41) is -0.133. The van der Waals surface area contributed by atoms with E-state index in [4.69, 9.17) is 0 Å². The molecule has 0 N–H and O–H groups in total. The molecule has 58 valence electrons. The van der Waals surface area contributed by atoms with E-state index in [9.17, 15) is 4.39 Å². The molecular formula is C9H9FS. The van der Waals surface area contributed by atoms with Crippen LogP contribution in [-0.4, -0.2) is 0 Å². The van der Waals surface area contributed by atoms with Crippen LogP contribution in [0.2, 0.25) is 0 Å². The lowest BCUT2D eigenvalue weighted by atomic mass is 10.2. The van der Waals surface area contributed by atoms with Gasteiger partial charge in [-0.3, -0.25) is 0 Å². The third kappa shape index (κ3) is 2.02. The normalized spacial score (nSPS) is 10.7. The number of aryl methyl sites for hydroxylation is 1. The molecular weight excluding hydrogens is 159 g/mol. The van der Waals surface area contributed by atoms with Crippen LogP contribution in [0.5, 0.6) is 0 Å². The highest BCUT2D eigenvalue weighted by molar-refractivity contribution is 7.10. The van der Waals surface area contributed by atoms with Gasteiger partial charge in [-0.1, -0.05) is 24.8 Å². The summed E-state index contributed by atoms with van der Waals surface area (Å²) in [7, 11) is 0. The summed E-state index contributed by atoms with van der Waals surface area (Å²) >= 11 is 1.17. The summed E-state index contributed by atoms with van der Waals surface area (Å²) in [6, 6.07) is 1.53. The van der Waals surface area contributed by atoms with Crippen LogP contribution in [0.4, 0.5) is 4.39 Å². The SMILES string of the molecule is C=C/C=C\c1cc(F)sc1C. The van der Waals surface area contributed by atoms with E-state index in [1.165, 1.54) is 17.4 Å². The quantitative estimate of drug-likeness (QED) is 0.594. The van der Waals surface area contributed by atoms with E-state index in [0.29, 0.717) is 0 Å². The minimum absolute atomic E-state index is 0.133. The van der Waals surface area contributed by atoms with Crippen molar-refractivity contribution in [3.8, 4) is 0 Å². The van der Waals surface area contributed by atoms with Gasteiger partial charge >= 0.3 is 0 Å². The Morgan fingerprint density at radius 3 is 2.82 bits per heavy atom. The van der Waals surface area contributed by atoms with Gasteiger partial charge in [0.2, 0.25) is 0 Å². The van der Waals surface area contributed by atoms with Crippen molar-refractivity contribution in [1.82, 2.24) is 0 Å². The summed E-state index contributed by atoms with van der Waals surface area (Å²) in [5.74, 6) is 0. The van der Waals surface area contributed by atoms with Crippen molar-refractivity contribution >= 4 is 17.4 Å². The summed E-state index contributed by atoms with van der Waals surface area (Å²) in [5.41, 5.74) is 0.937. The predicted molar refractivity (Wildman–Crippen MR) is 48.2 cm³/mol. The van der Waals surface area contributed by atoms with Crippen LogP contribution in [0.25, 0.3) is 6.08 Å². The fourth-order valence-corrected chi connectivity index (χ4v) is 1.52. The molecule has 1 aromatic heterocycles. The molecule has 0 aliphatic heterocycles. The molecule has 0 aromatic carbocycles. The van der Waals surface area contributed by atoms with Gasteiger partial charge in [0.05, 0.1) is 0 Å². The first-order valence-corrected chi connectivity index (χ1v) is 4.10. The number of allylic oxidation sites excluding steroid dienone is 2. The van der Waals surface area contributed by atoms with Crippen LogP contribution >= 0.6 is 11.3 Å². The van der Waals surface area contributed by atoms with Crippen LogP contribution in [-0.2, 0) is 0 Å². The molecule has 0 bridgehead atoms. The van der Waals surface area contributed by atoms with E-state index in [1.807, 2.05) is 13.0 Å². The third-order valence-corrected chi connectivity index (χ3v) is 2.19. The molecule has 0 aliphatic rings. The largest absolute Gasteiger partial charge is 0.195 e. The first-order valence-electron chi connectivity index (χ1n) is 3.29. The molecule has 0 atom stereocenters. The minimum Gasteiger partial charge on any atom is -0.195 e. The molecule has 1 aromatic rings. The zero-order chi connectivity index (χ0) is 8.27. The van der Waals surface area contributed by atoms with Gasteiger partial charge in [-0.15, -0.1) is 11.3 Å². The summed E-state index contributed by atoms with van der Waals surface area (Å²) in [6.45, 7) is 5.43. The Hall–Kier alpha value is -0.890. The fourth-order valence-electron chi connectivity index (χ4n) is 0.796. The number of halogens is 1. The van der Waals surface area contributed by atoms with E-state index in [-0.39, 0.29) is 5.13 Å². The van der Waals surface area contributed by atoms with Gasteiger partial charge in [0.25, 0.3) is 0 Å². The fraction of sp³-hybridized carbons (Fsp3) is 0.111. The molecule has 0 nitrogen and oxygen atoms in total. The van der Waals surface area contributed by atoms with E-state index in [1.54, 1.807) is 12.2 Å². The maximum atomic E-state index is 12.6. The highest BCUT2D eigenvalue weighted by Gasteiger charge is 1.99. The molecule has 0 saturated carbocycles. The van der Waals surface area contributed by atoms with Crippen molar-refractivity contribution in [3.05, 3.63) is 40.4 Å². The van der Waals surface area contributed by atoms with Crippen molar-refractivity contribution in [2.45, 2.75) is 6.92 Å². The zero-order valence-electron chi connectivity index (χ0n) is 6.30. The second-order valence-corrected chi connectivity index (χ2v) is 3.36. The van der Waals surface area contributed by atoms with Crippen molar-refractivity contribution in [1.29, 1.82) is 0 Å². The molecule has 1 rings (SSSR count). The molecule has 0 radical (unpaired) electrons. The topological polar surface area (TPSA) is 0 Å². The maximum Gasteiger partial charge on any atom is 0.177 e. The third-order valence-electron chi connectivity index (χ3n) is 1.34. The minimum atomic E-state index is -0.133. The van der Waals surface area contributed by atoms with Gasteiger partial charge < -0.3 is 0 Å². The second kappa shape index (κ2) is 3.49. The van der Waals surface area contributed by atoms with Crippen molar-refractivity contribution in [2.75, 3.05) is 0 Å². The standard InChI is InChI=1S/C9H9FS/c1-3-4-5-8-6-9(10)11-7(8)2/h3-6H,1H2,2H3/b5-4-. The Kier molecular flexibility index (Phi) is 2.60. The predicted octanol–water partition coefficient (Wildman–Crippen LogP) is 3.39. The molecule has 0 spiro atoms. The monoisotopic (exact) mass is 168 g/mol. The molecule has 0 amide bonds. The van der Waals surface area contributed by atoms with Crippen LogP contribution in [0.3, 0.4) is 0 Å². The van der Waals surface area contributed by atoms with Gasteiger partial charge in [-0.2, -0.15) is 4.39 Å². The Bertz CT molecular complexity index is 284. The Balaban J connectivity index is 2.93. The molecule has 0 saturated heterocycles. The molecule has 0 fully saturated rings. The molecule has 0 unspecified atom stereocenters. The van der Waals surface area contributed by atoms with Crippen LogP contribution in [0.15, 0.2) is 24.8 Å². The van der Waals surface area contributed by atoms with Crippen LogP contribution in [0, 0.1) is 12.1 Å². The Morgan fingerprint density at radius 2 is 2.36 bits per heavy atom. The van der Waals surface area contributed by atoms with Gasteiger partial charge in [-0.25, -0.2) is 0 Å². The summed E-state index contributed by atoms with van der Waals surface area (Å²) < 4.78 is 12.6. The maximum absolute atomic E-state index is 12.6. The van der Waals surface area contributed by atoms with Gasteiger partial charge in [0.1, 0.15) is 0 Å². The smallest absolute Gasteiger partial charge is 0.177 e. The Labute approximate surface area is 69.7 Å². The number of hydrogen-bond acceptors (Lipinski definition) is 1. The lowest BCUT2D eigenvalue weighted by Crippen LogP contribution is -1.65. The first kappa shape index (κ1) is 8.21. The number of thiophene rings is 1. The van der Waals surface area contributed by atoms with Crippen molar-refractivity contribution in [2.24, 2.45) is 0 Å². The highest BCUT2D eigenvalue weighted by atomic mass is 32.1. The molecule has 11 heavy (non-hydrogen) atoms. The average molecular weight is 168 g/mol. The number of hydrogen-bond donors (Lipinski definition) is 0. The van der Waals surface area contributed by atoms with Crippen molar-refractivity contribution in [3.63, 3.8) is 0 Å². The van der Waals surface area contributed by atoms with Crippen LogP contribution in [0.1, 0.15) is 10.4 Å². The molecule has 2 heteroatoms. The van der Waals surface area contributed by atoms with E-state index < -0.39 is 0 Å². The highest BCUT2D eigenvalue weighted by Crippen LogP contribution is 2.20. The van der Waals surface area contributed by atoms with Gasteiger partial charge in [0, 0.05) is 4.88 Å². The average Bonchev–Trinajstić information content (AvgIpc) is 2.26. The lowest BCUT2D eigenvalue weighted by Gasteiger charge is -1.84. The lowest BCUT2D eigenvalue weighted by molar-refractivity contribution is 0.657. The summed E-state index contributed by atoms with van der Waals surface area (Å²) in [4.78, 5) is 1.00. The second-order valence-electron chi connectivity index (χ2n) is 2.16.